The Bertz CT molecular complexity index is 667. The average Bonchev–Trinajstić information content (AvgIpc) is 3.34. The summed E-state index contributed by atoms with van der Waals surface area (Å²) < 4.78 is 19.1. The summed E-state index contributed by atoms with van der Waals surface area (Å²) in [5.41, 5.74) is 1.67. The quantitative estimate of drug-likeness (QED) is 0.381. The molecule has 0 bridgehead atoms. The lowest BCUT2D eigenvalue weighted by Gasteiger charge is -2.39. The molecule has 0 aromatic heterocycles. The first-order valence-corrected chi connectivity index (χ1v) is 10.4. The van der Waals surface area contributed by atoms with Gasteiger partial charge in [-0.05, 0) is 43.4 Å². The van der Waals surface area contributed by atoms with E-state index in [0.29, 0.717) is 5.41 Å². The second-order valence-electron chi connectivity index (χ2n) is 8.72. The lowest BCUT2D eigenvalue weighted by Crippen LogP contribution is -2.48. The molecular weight excluding hydrogens is 468 g/mol. The Kier molecular flexibility index (Phi) is 7.23. The molecule has 6 heteroatoms. The van der Waals surface area contributed by atoms with Crippen LogP contribution in [-0.2, 0) is 10.2 Å². The Morgan fingerprint density at radius 1 is 1.14 bits per heavy atom. The Hall–Kier alpha value is -0.890. The summed E-state index contributed by atoms with van der Waals surface area (Å²) in [6, 6.07) is 7.16. The fourth-order valence-electron chi connectivity index (χ4n) is 5.27. The molecule has 0 amide bonds. The minimum atomic E-state index is -0.158. The zero-order valence-corrected chi connectivity index (χ0v) is 19.2. The molecule has 3 aliphatic rings. The van der Waals surface area contributed by atoms with E-state index in [0.717, 1.165) is 51.6 Å². The van der Waals surface area contributed by atoms with E-state index in [-0.39, 0.29) is 35.2 Å². The molecule has 0 radical (unpaired) electrons. The fourth-order valence-corrected chi connectivity index (χ4v) is 5.27. The van der Waals surface area contributed by atoms with Gasteiger partial charge in [-0.3, -0.25) is 4.99 Å². The molecule has 1 unspecified atom stereocenters. The zero-order chi connectivity index (χ0) is 18.7. The number of aliphatic imine (C=N–C) groups is 1. The normalized spacial score (nSPS) is 27.1. The van der Waals surface area contributed by atoms with Gasteiger partial charge in [-0.1, -0.05) is 31.4 Å². The lowest BCUT2D eigenvalue weighted by atomic mass is 9.69. The van der Waals surface area contributed by atoms with Gasteiger partial charge in [0.25, 0.3) is 0 Å². The summed E-state index contributed by atoms with van der Waals surface area (Å²) in [6.07, 6.45) is 8.44. The second-order valence-corrected chi connectivity index (χ2v) is 8.72. The Morgan fingerprint density at radius 3 is 2.54 bits per heavy atom. The summed E-state index contributed by atoms with van der Waals surface area (Å²) in [6.45, 7) is 4.74. The molecule has 1 spiro atoms. The molecule has 1 atom stereocenters. The number of ether oxygens (including phenoxy) is 1. The first-order valence-electron chi connectivity index (χ1n) is 10.4. The maximum Gasteiger partial charge on any atom is 0.193 e. The van der Waals surface area contributed by atoms with Crippen LogP contribution in [0.5, 0.6) is 0 Å². The van der Waals surface area contributed by atoms with E-state index in [2.05, 4.69) is 15.2 Å². The number of benzene rings is 1. The smallest absolute Gasteiger partial charge is 0.193 e. The molecule has 1 saturated carbocycles. The fraction of sp³-hybridized carbons (Fsp3) is 0.682. The van der Waals surface area contributed by atoms with Gasteiger partial charge in [-0.2, -0.15) is 0 Å². The standard InChI is InChI=1S/C22H32FN3O.HI/c1-24-20(26-13-11-21(16-26)12-14-27-17-21)25-15-22(9-3-2-4-10-22)18-5-7-19(23)8-6-18;/h5-8H,2-4,9-17H2,1H3,(H,24,25);1H. The summed E-state index contributed by atoms with van der Waals surface area (Å²) >= 11 is 0. The highest BCUT2D eigenvalue weighted by Crippen LogP contribution is 2.40. The summed E-state index contributed by atoms with van der Waals surface area (Å²) in [7, 11) is 1.88. The van der Waals surface area contributed by atoms with Crippen molar-refractivity contribution >= 4 is 29.9 Å². The van der Waals surface area contributed by atoms with Crippen LogP contribution in [0, 0.1) is 11.2 Å². The predicted molar refractivity (Wildman–Crippen MR) is 122 cm³/mol. The second kappa shape index (κ2) is 9.28. The van der Waals surface area contributed by atoms with Crippen LogP contribution in [0.4, 0.5) is 4.39 Å². The van der Waals surface area contributed by atoms with Crippen LogP contribution in [0.25, 0.3) is 0 Å². The lowest BCUT2D eigenvalue weighted by molar-refractivity contribution is 0.156. The van der Waals surface area contributed by atoms with E-state index < -0.39 is 0 Å². The van der Waals surface area contributed by atoms with E-state index >= 15 is 0 Å². The summed E-state index contributed by atoms with van der Waals surface area (Å²) in [5, 5.41) is 3.68. The molecule has 1 aromatic carbocycles. The monoisotopic (exact) mass is 501 g/mol. The van der Waals surface area contributed by atoms with Crippen molar-refractivity contribution in [3.05, 3.63) is 35.6 Å². The number of rotatable bonds is 3. The molecule has 3 fully saturated rings. The topological polar surface area (TPSA) is 36.9 Å². The Balaban J connectivity index is 0.00000225. The number of hydrogen-bond acceptors (Lipinski definition) is 2. The highest BCUT2D eigenvalue weighted by Gasteiger charge is 2.42. The third kappa shape index (κ3) is 4.48. The van der Waals surface area contributed by atoms with Gasteiger partial charge >= 0.3 is 0 Å². The first-order chi connectivity index (χ1) is 13.1. The van der Waals surface area contributed by atoms with Gasteiger partial charge in [-0.15, -0.1) is 24.0 Å². The van der Waals surface area contributed by atoms with Gasteiger partial charge in [0.15, 0.2) is 5.96 Å². The number of nitrogens with one attached hydrogen (secondary N) is 1. The van der Waals surface area contributed by atoms with E-state index in [1.807, 2.05) is 19.2 Å². The van der Waals surface area contributed by atoms with Crippen LogP contribution in [0.3, 0.4) is 0 Å². The van der Waals surface area contributed by atoms with Crippen molar-refractivity contribution in [2.75, 3.05) is 39.9 Å². The highest BCUT2D eigenvalue weighted by molar-refractivity contribution is 14.0. The average molecular weight is 501 g/mol. The largest absolute Gasteiger partial charge is 0.381 e. The van der Waals surface area contributed by atoms with Gasteiger partial charge < -0.3 is 15.0 Å². The molecule has 1 aromatic rings. The Labute approximate surface area is 185 Å². The van der Waals surface area contributed by atoms with Crippen molar-refractivity contribution in [1.29, 1.82) is 0 Å². The molecule has 156 valence electrons. The molecule has 2 saturated heterocycles. The van der Waals surface area contributed by atoms with Crippen molar-refractivity contribution in [2.45, 2.75) is 50.4 Å². The number of nitrogens with zero attached hydrogens (tertiary/aromatic N) is 2. The maximum absolute atomic E-state index is 13.4. The van der Waals surface area contributed by atoms with Crippen molar-refractivity contribution in [3.63, 3.8) is 0 Å². The molecular formula is C22H33FIN3O. The van der Waals surface area contributed by atoms with Crippen molar-refractivity contribution in [3.8, 4) is 0 Å². The van der Waals surface area contributed by atoms with E-state index in [9.17, 15) is 4.39 Å². The van der Waals surface area contributed by atoms with Crippen molar-refractivity contribution < 1.29 is 9.13 Å². The van der Waals surface area contributed by atoms with Crippen LogP contribution in [-0.4, -0.2) is 50.8 Å². The third-order valence-corrected chi connectivity index (χ3v) is 6.99. The number of hydrogen-bond donors (Lipinski definition) is 1. The molecule has 1 N–H and O–H groups in total. The van der Waals surface area contributed by atoms with E-state index in [1.54, 1.807) is 12.1 Å². The van der Waals surface area contributed by atoms with Crippen LogP contribution in [0.1, 0.15) is 50.5 Å². The summed E-state index contributed by atoms with van der Waals surface area (Å²) in [5.74, 6) is 0.848. The summed E-state index contributed by atoms with van der Waals surface area (Å²) in [4.78, 5) is 6.98. The molecule has 28 heavy (non-hydrogen) atoms. The van der Waals surface area contributed by atoms with Crippen molar-refractivity contribution in [2.24, 2.45) is 10.4 Å². The molecule has 2 aliphatic heterocycles. The molecule has 4 rings (SSSR count). The Morgan fingerprint density at radius 2 is 1.89 bits per heavy atom. The predicted octanol–water partition coefficient (Wildman–Crippen LogP) is 4.33. The first kappa shape index (κ1) is 21.8. The third-order valence-electron chi connectivity index (χ3n) is 6.99. The van der Waals surface area contributed by atoms with Gasteiger partial charge in [0.05, 0.1) is 6.61 Å². The van der Waals surface area contributed by atoms with Crippen LogP contribution >= 0.6 is 24.0 Å². The number of halogens is 2. The number of likely N-dealkylation sites (tertiary alicyclic amines) is 1. The molecule has 4 nitrogen and oxygen atoms in total. The number of guanidine groups is 1. The minimum Gasteiger partial charge on any atom is -0.381 e. The van der Waals surface area contributed by atoms with Crippen LogP contribution in [0.2, 0.25) is 0 Å². The minimum absolute atomic E-state index is 0. The van der Waals surface area contributed by atoms with Gasteiger partial charge in [0.1, 0.15) is 5.82 Å². The SMILES string of the molecule is CN=C(NCC1(c2ccc(F)cc2)CCCCC1)N1CCC2(CCOC2)C1.I. The maximum atomic E-state index is 13.4. The van der Waals surface area contributed by atoms with Crippen LogP contribution in [0.15, 0.2) is 29.3 Å². The van der Waals surface area contributed by atoms with E-state index in [1.165, 1.54) is 37.7 Å². The molecule has 2 heterocycles. The van der Waals surface area contributed by atoms with Gasteiger partial charge in [0.2, 0.25) is 0 Å². The van der Waals surface area contributed by atoms with Crippen LogP contribution < -0.4 is 5.32 Å². The van der Waals surface area contributed by atoms with E-state index in [4.69, 9.17) is 4.74 Å². The van der Waals surface area contributed by atoms with Crippen molar-refractivity contribution in [1.82, 2.24) is 10.2 Å². The van der Waals surface area contributed by atoms with Gasteiger partial charge in [0, 0.05) is 44.1 Å². The van der Waals surface area contributed by atoms with Gasteiger partial charge in [-0.25, -0.2) is 4.39 Å². The molecule has 1 aliphatic carbocycles. The zero-order valence-electron chi connectivity index (χ0n) is 16.9. The highest BCUT2D eigenvalue weighted by atomic mass is 127.